The van der Waals surface area contributed by atoms with Crippen LogP contribution < -0.4 is 19.1 Å². The van der Waals surface area contributed by atoms with Gasteiger partial charge in [-0.1, -0.05) is 37.3 Å². The molecule has 2 aliphatic rings. The van der Waals surface area contributed by atoms with E-state index < -0.39 is 17.7 Å². The van der Waals surface area contributed by atoms with E-state index in [0.717, 1.165) is 39.1 Å². The Labute approximate surface area is 267 Å². The molecule has 2 atom stereocenters. The van der Waals surface area contributed by atoms with Gasteiger partial charge in [0.1, 0.15) is 17.6 Å². The third-order valence-corrected chi connectivity index (χ3v) is 9.18. The van der Waals surface area contributed by atoms with Gasteiger partial charge in [0, 0.05) is 12.0 Å². The van der Waals surface area contributed by atoms with E-state index in [9.17, 15) is 14.7 Å². The van der Waals surface area contributed by atoms with Crippen molar-refractivity contribution in [2.75, 3.05) is 18.1 Å². The van der Waals surface area contributed by atoms with E-state index >= 15 is 0 Å². The fourth-order valence-electron chi connectivity index (χ4n) is 6.02. The largest absolute Gasteiger partial charge is 0.507 e. The van der Waals surface area contributed by atoms with Gasteiger partial charge in [-0.2, -0.15) is 0 Å². The predicted octanol–water partition coefficient (Wildman–Crippen LogP) is 7.69. The van der Waals surface area contributed by atoms with E-state index in [1.165, 1.54) is 16.2 Å². The van der Waals surface area contributed by atoms with Gasteiger partial charge in [-0.25, -0.2) is 4.98 Å². The number of carbonyl (C=O) groups excluding carboxylic acids is 2. The lowest BCUT2D eigenvalue weighted by Crippen LogP contribution is -2.29. The molecule has 0 saturated carbocycles. The normalized spacial score (nSPS) is 19.0. The molecular weight excluding hydrogens is 588 g/mol. The zero-order chi connectivity index (χ0) is 32.0. The van der Waals surface area contributed by atoms with Crippen molar-refractivity contribution in [1.29, 1.82) is 0 Å². The number of carbonyl (C=O) groups is 2. The second kappa shape index (κ2) is 12.2. The average molecular weight is 627 g/mol. The van der Waals surface area contributed by atoms with Crippen LogP contribution in [0.15, 0.2) is 54.1 Å². The molecule has 4 aromatic rings. The lowest BCUT2D eigenvalue weighted by molar-refractivity contribution is -0.132. The second-order valence-electron chi connectivity index (χ2n) is 12.2. The van der Waals surface area contributed by atoms with Crippen molar-refractivity contribution in [3.8, 4) is 17.2 Å². The summed E-state index contributed by atoms with van der Waals surface area (Å²) in [7, 11) is 0. The topological polar surface area (TPSA) is 98.2 Å². The highest BCUT2D eigenvalue weighted by molar-refractivity contribution is 7.22. The quantitative estimate of drug-likeness (QED) is 0.116. The zero-order valence-corrected chi connectivity index (χ0v) is 27.3. The van der Waals surface area contributed by atoms with Gasteiger partial charge in [-0.05, 0) is 98.7 Å². The third-order valence-electron chi connectivity index (χ3n) is 8.17. The molecule has 0 bridgehead atoms. The molecule has 8 nitrogen and oxygen atoms in total. The van der Waals surface area contributed by atoms with Crippen LogP contribution in [0.3, 0.4) is 0 Å². The van der Waals surface area contributed by atoms with Gasteiger partial charge >= 0.3 is 5.91 Å². The van der Waals surface area contributed by atoms with Gasteiger partial charge < -0.3 is 19.3 Å². The summed E-state index contributed by atoms with van der Waals surface area (Å²) < 4.78 is 18.8. The number of hydrogen-bond donors (Lipinski definition) is 1. The van der Waals surface area contributed by atoms with Crippen molar-refractivity contribution in [2.24, 2.45) is 5.92 Å². The van der Waals surface area contributed by atoms with Crippen LogP contribution in [0.25, 0.3) is 16.0 Å². The molecule has 3 heterocycles. The summed E-state index contributed by atoms with van der Waals surface area (Å²) >= 11 is 1.35. The van der Waals surface area contributed by atoms with E-state index in [1.807, 2.05) is 52.0 Å². The Morgan fingerprint density at radius 1 is 1.09 bits per heavy atom. The number of hydrogen-bond acceptors (Lipinski definition) is 8. The van der Waals surface area contributed by atoms with Gasteiger partial charge in [0.25, 0.3) is 5.78 Å². The molecule has 45 heavy (non-hydrogen) atoms. The summed E-state index contributed by atoms with van der Waals surface area (Å²) in [5.41, 5.74) is 4.82. The zero-order valence-electron chi connectivity index (χ0n) is 26.5. The molecule has 9 heteroatoms. The van der Waals surface area contributed by atoms with Crippen molar-refractivity contribution in [3.05, 3.63) is 81.9 Å². The first-order valence-corrected chi connectivity index (χ1v) is 16.3. The van der Waals surface area contributed by atoms with Crippen LogP contribution in [-0.4, -0.2) is 41.1 Å². The van der Waals surface area contributed by atoms with Crippen molar-refractivity contribution in [2.45, 2.75) is 66.5 Å². The van der Waals surface area contributed by atoms with Crippen LogP contribution in [0.1, 0.15) is 68.0 Å². The number of anilines is 1. The van der Waals surface area contributed by atoms with Crippen LogP contribution >= 0.6 is 11.3 Å². The second-order valence-corrected chi connectivity index (χ2v) is 13.2. The lowest BCUT2D eigenvalue weighted by Gasteiger charge is -2.24. The van der Waals surface area contributed by atoms with Gasteiger partial charge in [-0.3, -0.25) is 14.5 Å². The van der Waals surface area contributed by atoms with Crippen molar-refractivity contribution in [3.63, 3.8) is 0 Å². The molecule has 1 fully saturated rings. The molecule has 0 aliphatic carbocycles. The molecule has 0 unspecified atom stereocenters. The fourth-order valence-corrected chi connectivity index (χ4v) is 7.19. The minimum Gasteiger partial charge on any atom is -0.507 e. The molecule has 2 aliphatic heterocycles. The maximum absolute atomic E-state index is 13.9. The SMILES string of the molecule is CCOc1cc([C@H]2C(=C(O)c3ccc4c(c3)C[C@H](C)O4)C(=O)C(=O)N2c2nc3c(C)cc(C)cc3s2)ccc1OCCC(C)C. The Bertz CT molecular complexity index is 1840. The van der Waals surface area contributed by atoms with Gasteiger partial charge in [0.05, 0.1) is 35.0 Å². The highest BCUT2D eigenvalue weighted by atomic mass is 32.1. The number of rotatable bonds is 9. The number of ether oxygens (including phenoxy) is 3. The number of benzene rings is 3. The van der Waals surface area contributed by atoms with E-state index in [0.29, 0.717) is 53.3 Å². The number of aliphatic hydroxyl groups excluding tert-OH is 1. The first-order chi connectivity index (χ1) is 21.5. The number of thiazole rings is 1. The van der Waals surface area contributed by atoms with Crippen molar-refractivity contribution in [1.82, 2.24) is 4.98 Å². The lowest BCUT2D eigenvalue weighted by atomic mass is 9.94. The van der Waals surface area contributed by atoms with Crippen molar-refractivity contribution < 1.29 is 28.9 Å². The Morgan fingerprint density at radius 3 is 2.64 bits per heavy atom. The Balaban J connectivity index is 1.51. The predicted molar refractivity (Wildman–Crippen MR) is 177 cm³/mol. The monoisotopic (exact) mass is 626 g/mol. The molecule has 3 aromatic carbocycles. The molecular formula is C36H38N2O6S. The first-order valence-electron chi connectivity index (χ1n) is 15.4. The van der Waals surface area contributed by atoms with Crippen molar-refractivity contribution >= 4 is 44.1 Å². The molecule has 1 aromatic heterocycles. The number of aromatic nitrogens is 1. The van der Waals surface area contributed by atoms with Crippen LogP contribution in [0.2, 0.25) is 0 Å². The number of aliphatic hydroxyl groups is 1. The number of amides is 1. The maximum atomic E-state index is 13.9. The average Bonchev–Trinajstić information content (AvgIpc) is 3.65. The van der Waals surface area contributed by atoms with E-state index in [2.05, 4.69) is 13.8 Å². The highest BCUT2D eigenvalue weighted by Gasteiger charge is 2.48. The summed E-state index contributed by atoms with van der Waals surface area (Å²) in [6, 6.07) is 13.9. The number of fused-ring (bicyclic) bond motifs is 2. The number of Topliss-reactive ketones (excluding diaryl/α,β-unsaturated/α-hetero) is 1. The summed E-state index contributed by atoms with van der Waals surface area (Å²) in [6.45, 7) is 13.1. The van der Waals surface area contributed by atoms with Crippen LogP contribution in [0.4, 0.5) is 5.13 Å². The molecule has 1 N–H and O–H groups in total. The number of ketones is 1. The smallest absolute Gasteiger partial charge is 0.301 e. The summed E-state index contributed by atoms with van der Waals surface area (Å²) in [4.78, 5) is 34.0. The Hall–Kier alpha value is -4.37. The molecule has 6 rings (SSSR count). The molecule has 234 valence electrons. The van der Waals surface area contributed by atoms with Crippen LogP contribution in [0, 0.1) is 19.8 Å². The standard InChI is InChI=1S/C36H38N2O6S/c1-7-42-28-18-23(8-11-27(28)43-13-12-19(2)3)32-30(33(39)24-9-10-26-25(17-24)16-22(6)44-26)34(40)35(41)38(32)36-37-31-21(5)14-20(4)15-29(31)45-36/h8-11,14-15,17-19,22,32,39H,7,12-13,16H2,1-6H3/t22-,32-/m0/s1. The third kappa shape index (κ3) is 5.77. The van der Waals surface area contributed by atoms with Gasteiger partial charge in [0.15, 0.2) is 16.6 Å². The summed E-state index contributed by atoms with van der Waals surface area (Å²) in [6.07, 6.45) is 1.59. The van der Waals surface area contributed by atoms with Crippen LogP contribution in [-0.2, 0) is 16.0 Å². The van der Waals surface area contributed by atoms with Gasteiger partial charge in [-0.15, -0.1) is 0 Å². The van der Waals surface area contributed by atoms with E-state index in [4.69, 9.17) is 19.2 Å². The molecule has 1 saturated heterocycles. The van der Waals surface area contributed by atoms with E-state index in [1.54, 1.807) is 24.3 Å². The maximum Gasteiger partial charge on any atom is 0.301 e. The molecule has 0 radical (unpaired) electrons. The minimum absolute atomic E-state index is 0.00463. The van der Waals surface area contributed by atoms with Crippen LogP contribution in [0.5, 0.6) is 17.2 Å². The van der Waals surface area contributed by atoms with E-state index in [-0.39, 0.29) is 17.4 Å². The summed E-state index contributed by atoms with van der Waals surface area (Å²) in [5.74, 6) is 0.557. The molecule has 1 amide bonds. The fraction of sp³-hybridized carbons (Fsp3) is 0.361. The Kier molecular flexibility index (Phi) is 8.31. The number of nitrogens with zero attached hydrogens (tertiary/aromatic N) is 2. The Morgan fingerprint density at radius 2 is 1.89 bits per heavy atom. The minimum atomic E-state index is -0.945. The highest BCUT2D eigenvalue weighted by Crippen LogP contribution is 2.46. The number of aryl methyl sites for hydroxylation is 2. The van der Waals surface area contributed by atoms with Gasteiger partial charge in [0.2, 0.25) is 0 Å². The molecule has 0 spiro atoms. The first kappa shape index (κ1) is 30.6. The summed E-state index contributed by atoms with van der Waals surface area (Å²) in [5, 5.41) is 12.2.